The molecule has 2 fully saturated rings. The van der Waals surface area contributed by atoms with Gasteiger partial charge in [0, 0.05) is 44.8 Å². The summed E-state index contributed by atoms with van der Waals surface area (Å²) in [7, 11) is 0. The van der Waals surface area contributed by atoms with Gasteiger partial charge in [0.15, 0.2) is 0 Å². The van der Waals surface area contributed by atoms with E-state index in [2.05, 4.69) is 4.98 Å². The highest BCUT2D eigenvalue weighted by molar-refractivity contribution is 5.94. The molecule has 2 aliphatic rings. The molecule has 0 saturated carbocycles. The van der Waals surface area contributed by atoms with Gasteiger partial charge in [-0.25, -0.2) is 13.8 Å². The first-order valence-corrected chi connectivity index (χ1v) is 7.91. The molecule has 1 aromatic rings. The molecule has 23 heavy (non-hydrogen) atoms. The van der Waals surface area contributed by atoms with Crippen LogP contribution in [-0.4, -0.2) is 54.1 Å². The molecule has 0 N–H and O–H groups in total. The number of alkyl halides is 2. The Morgan fingerprint density at radius 3 is 2.78 bits per heavy atom. The fourth-order valence-electron chi connectivity index (χ4n) is 2.77. The molecule has 5 nitrogen and oxygen atoms in total. The molecule has 1 aromatic heterocycles. The van der Waals surface area contributed by atoms with E-state index >= 15 is 0 Å². The molecule has 0 aliphatic carbocycles. The summed E-state index contributed by atoms with van der Waals surface area (Å²) in [6.07, 6.45) is 3.00. The lowest BCUT2D eigenvalue weighted by molar-refractivity contribution is -0.0494. The summed E-state index contributed by atoms with van der Waals surface area (Å²) < 4.78 is 37.3. The Bertz CT molecular complexity index is 535. The van der Waals surface area contributed by atoms with Gasteiger partial charge in [-0.2, -0.15) is 0 Å². The van der Waals surface area contributed by atoms with E-state index in [0.717, 1.165) is 19.4 Å². The van der Waals surface area contributed by atoms with Crippen molar-refractivity contribution in [3.63, 3.8) is 0 Å². The lowest BCUT2D eigenvalue weighted by Gasteiger charge is -2.31. The zero-order chi connectivity index (χ0) is 16.3. The second-order valence-corrected chi connectivity index (χ2v) is 5.98. The quantitative estimate of drug-likeness (QED) is 0.853. The first-order chi connectivity index (χ1) is 11.0. The number of amides is 1. The van der Waals surface area contributed by atoms with E-state index in [0.29, 0.717) is 18.1 Å². The van der Waals surface area contributed by atoms with Gasteiger partial charge in [0.05, 0.1) is 11.7 Å². The second-order valence-electron chi connectivity index (χ2n) is 5.98. The minimum absolute atomic E-state index is 0.0725. The highest BCUT2D eigenvalue weighted by Crippen LogP contribution is 2.28. The van der Waals surface area contributed by atoms with Crippen LogP contribution in [0.15, 0.2) is 18.3 Å². The third kappa shape index (κ3) is 4.16. The highest BCUT2D eigenvalue weighted by Gasteiger charge is 2.35. The van der Waals surface area contributed by atoms with E-state index in [-0.39, 0.29) is 37.9 Å². The van der Waals surface area contributed by atoms with Crippen molar-refractivity contribution in [2.75, 3.05) is 26.3 Å². The summed E-state index contributed by atoms with van der Waals surface area (Å²) in [6, 6.07) is 3.24. The van der Waals surface area contributed by atoms with E-state index in [4.69, 9.17) is 9.47 Å². The molecule has 7 heteroatoms. The molecular formula is C16H20F2N2O3. The predicted octanol–water partition coefficient (Wildman–Crippen LogP) is 2.51. The van der Waals surface area contributed by atoms with Crippen molar-refractivity contribution in [2.24, 2.45) is 0 Å². The third-order valence-electron chi connectivity index (χ3n) is 4.21. The number of hydrogen-bond acceptors (Lipinski definition) is 4. The number of carbonyl (C=O) groups excluding carboxylic acids is 1. The van der Waals surface area contributed by atoms with Crippen LogP contribution in [0, 0.1) is 0 Å². The smallest absolute Gasteiger partial charge is 0.255 e. The van der Waals surface area contributed by atoms with Gasteiger partial charge in [-0.1, -0.05) is 0 Å². The SMILES string of the molecule is O=C(c1ccc(OC[C@H]2CCCO2)nc1)N1CCC(F)(F)CC1. The Balaban J connectivity index is 1.53. The third-order valence-corrected chi connectivity index (χ3v) is 4.21. The Morgan fingerprint density at radius 1 is 1.39 bits per heavy atom. The molecular weight excluding hydrogens is 306 g/mol. The number of halogens is 2. The van der Waals surface area contributed by atoms with Crippen LogP contribution in [0.3, 0.4) is 0 Å². The summed E-state index contributed by atoms with van der Waals surface area (Å²) in [4.78, 5) is 17.8. The molecule has 0 radical (unpaired) electrons. The average Bonchev–Trinajstić information content (AvgIpc) is 3.06. The summed E-state index contributed by atoms with van der Waals surface area (Å²) in [6.45, 7) is 1.36. The largest absolute Gasteiger partial charge is 0.475 e. The van der Waals surface area contributed by atoms with Gasteiger partial charge in [0.2, 0.25) is 5.88 Å². The van der Waals surface area contributed by atoms with E-state index < -0.39 is 5.92 Å². The number of rotatable bonds is 4. The molecule has 1 amide bonds. The van der Waals surface area contributed by atoms with E-state index in [1.807, 2.05) is 0 Å². The molecule has 0 aromatic carbocycles. The second kappa shape index (κ2) is 6.78. The Kier molecular flexibility index (Phi) is 4.75. The van der Waals surface area contributed by atoms with Crippen molar-refractivity contribution >= 4 is 5.91 Å². The Labute approximate surface area is 133 Å². The van der Waals surface area contributed by atoms with Crippen LogP contribution in [0.25, 0.3) is 0 Å². The van der Waals surface area contributed by atoms with Crippen LogP contribution in [0.5, 0.6) is 5.88 Å². The number of hydrogen-bond donors (Lipinski definition) is 0. The van der Waals surface area contributed by atoms with Gasteiger partial charge in [-0.15, -0.1) is 0 Å². The molecule has 0 spiro atoms. The molecule has 2 saturated heterocycles. The molecule has 0 unspecified atom stereocenters. The van der Waals surface area contributed by atoms with Crippen molar-refractivity contribution in [3.8, 4) is 5.88 Å². The topological polar surface area (TPSA) is 51.7 Å². The van der Waals surface area contributed by atoms with Crippen LogP contribution in [0.1, 0.15) is 36.0 Å². The Morgan fingerprint density at radius 2 is 2.17 bits per heavy atom. The van der Waals surface area contributed by atoms with E-state index in [1.54, 1.807) is 12.1 Å². The van der Waals surface area contributed by atoms with Crippen molar-refractivity contribution in [2.45, 2.75) is 37.7 Å². The normalized spacial score (nSPS) is 23.7. The van der Waals surface area contributed by atoms with Gasteiger partial charge in [0.25, 0.3) is 11.8 Å². The number of likely N-dealkylation sites (tertiary alicyclic amines) is 1. The van der Waals surface area contributed by atoms with Crippen molar-refractivity contribution in [1.29, 1.82) is 0 Å². The van der Waals surface area contributed by atoms with Gasteiger partial charge in [0.1, 0.15) is 6.61 Å². The zero-order valence-electron chi connectivity index (χ0n) is 12.8. The number of aromatic nitrogens is 1. The van der Waals surface area contributed by atoms with Crippen molar-refractivity contribution < 1.29 is 23.0 Å². The van der Waals surface area contributed by atoms with Crippen LogP contribution in [0.2, 0.25) is 0 Å². The standard InChI is InChI=1S/C16H20F2N2O3/c17-16(18)5-7-20(8-6-16)15(21)12-3-4-14(19-10-12)23-11-13-2-1-9-22-13/h3-4,10,13H,1-2,5-9,11H2/t13-/m1/s1. The summed E-state index contributed by atoms with van der Waals surface area (Å²) >= 11 is 0. The monoisotopic (exact) mass is 326 g/mol. The van der Waals surface area contributed by atoms with E-state index in [9.17, 15) is 13.6 Å². The maximum absolute atomic E-state index is 13.1. The molecule has 3 heterocycles. The number of nitrogens with zero attached hydrogens (tertiary/aromatic N) is 2. The van der Waals surface area contributed by atoms with E-state index in [1.165, 1.54) is 11.1 Å². The summed E-state index contributed by atoms with van der Waals surface area (Å²) in [5.74, 6) is -2.49. The van der Waals surface area contributed by atoms with Crippen LogP contribution in [-0.2, 0) is 4.74 Å². The first-order valence-electron chi connectivity index (χ1n) is 7.91. The first kappa shape index (κ1) is 16.1. The van der Waals surface area contributed by atoms with Gasteiger partial charge >= 0.3 is 0 Å². The fourth-order valence-corrected chi connectivity index (χ4v) is 2.77. The van der Waals surface area contributed by atoms with Crippen molar-refractivity contribution in [3.05, 3.63) is 23.9 Å². The predicted molar refractivity (Wildman–Crippen MR) is 78.8 cm³/mol. The van der Waals surface area contributed by atoms with Gasteiger partial charge in [-0.3, -0.25) is 4.79 Å². The minimum atomic E-state index is -2.66. The molecule has 3 rings (SSSR count). The maximum atomic E-state index is 13.1. The molecule has 0 bridgehead atoms. The summed E-state index contributed by atoms with van der Waals surface area (Å²) in [5, 5.41) is 0. The maximum Gasteiger partial charge on any atom is 0.255 e. The van der Waals surface area contributed by atoms with Crippen LogP contribution >= 0.6 is 0 Å². The lowest BCUT2D eigenvalue weighted by Crippen LogP contribution is -2.42. The van der Waals surface area contributed by atoms with Gasteiger partial charge < -0.3 is 14.4 Å². The number of ether oxygens (including phenoxy) is 2. The highest BCUT2D eigenvalue weighted by atomic mass is 19.3. The van der Waals surface area contributed by atoms with Crippen LogP contribution in [0.4, 0.5) is 8.78 Å². The zero-order valence-corrected chi connectivity index (χ0v) is 12.8. The minimum Gasteiger partial charge on any atom is -0.475 e. The Hall–Kier alpha value is -1.76. The number of carbonyl (C=O) groups is 1. The number of pyridine rings is 1. The lowest BCUT2D eigenvalue weighted by atomic mass is 10.1. The van der Waals surface area contributed by atoms with Crippen molar-refractivity contribution in [1.82, 2.24) is 9.88 Å². The molecule has 126 valence electrons. The molecule has 1 atom stereocenters. The molecule has 2 aliphatic heterocycles. The number of piperidine rings is 1. The van der Waals surface area contributed by atoms with Crippen LogP contribution < -0.4 is 4.74 Å². The summed E-state index contributed by atoms with van der Waals surface area (Å²) in [5.41, 5.74) is 0.389. The average molecular weight is 326 g/mol. The fraction of sp³-hybridized carbons (Fsp3) is 0.625. The van der Waals surface area contributed by atoms with Gasteiger partial charge in [-0.05, 0) is 18.9 Å².